The lowest BCUT2D eigenvalue weighted by molar-refractivity contribution is 0.394. The van der Waals surface area contributed by atoms with Crippen LogP contribution < -0.4 is 5.32 Å². The van der Waals surface area contributed by atoms with Crippen molar-refractivity contribution in [3.05, 3.63) is 71.4 Å². The van der Waals surface area contributed by atoms with Crippen LogP contribution in [0.2, 0.25) is 0 Å². The lowest BCUT2D eigenvalue weighted by atomic mass is 10.1. The summed E-state index contributed by atoms with van der Waals surface area (Å²) in [7, 11) is 4.25. The molecule has 0 amide bonds. The highest BCUT2D eigenvalue weighted by molar-refractivity contribution is 5.84. The summed E-state index contributed by atoms with van der Waals surface area (Å²) in [6.07, 6.45) is 3.49. The molecular formula is C22H29N3. The zero-order valence-electron chi connectivity index (χ0n) is 15.6. The lowest BCUT2D eigenvalue weighted by Gasteiger charge is -2.09. The number of nitrogens with zero attached hydrogens (tertiary/aromatic N) is 2. The molecule has 0 unspecified atom stereocenters. The average Bonchev–Trinajstić information content (AvgIpc) is 2.92. The van der Waals surface area contributed by atoms with Gasteiger partial charge in [-0.05, 0) is 57.7 Å². The molecule has 0 radical (unpaired) electrons. The number of aromatic nitrogens is 1. The Hall–Kier alpha value is -2.10. The second-order valence-electron chi connectivity index (χ2n) is 7.12. The second-order valence-corrected chi connectivity index (χ2v) is 7.12. The van der Waals surface area contributed by atoms with Gasteiger partial charge in [0, 0.05) is 30.2 Å². The van der Waals surface area contributed by atoms with E-state index in [9.17, 15) is 0 Å². The van der Waals surface area contributed by atoms with E-state index in [4.69, 9.17) is 0 Å². The topological polar surface area (TPSA) is 20.2 Å². The van der Waals surface area contributed by atoms with Crippen molar-refractivity contribution in [3.63, 3.8) is 0 Å². The predicted octanol–water partition coefficient (Wildman–Crippen LogP) is 4.04. The van der Waals surface area contributed by atoms with E-state index >= 15 is 0 Å². The van der Waals surface area contributed by atoms with Crippen LogP contribution in [0.15, 0.2) is 54.7 Å². The van der Waals surface area contributed by atoms with Gasteiger partial charge in [-0.3, -0.25) is 0 Å². The maximum atomic E-state index is 3.60. The van der Waals surface area contributed by atoms with Gasteiger partial charge in [0.05, 0.1) is 0 Å². The first-order valence-corrected chi connectivity index (χ1v) is 9.11. The minimum absolute atomic E-state index is 0.919. The van der Waals surface area contributed by atoms with Crippen LogP contribution in [0.1, 0.15) is 23.1 Å². The van der Waals surface area contributed by atoms with Crippen molar-refractivity contribution in [3.8, 4) is 0 Å². The van der Waals surface area contributed by atoms with E-state index in [1.54, 1.807) is 0 Å². The molecule has 25 heavy (non-hydrogen) atoms. The standard InChI is InChI=1S/C22H29N3/c1-18-8-6-9-19(14-18)16-25-17-20(15-23-12-7-13-24(2)3)21-10-4-5-11-22(21)25/h4-6,8-11,14,17,23H,7,12-13,15-16H2,1-3H3. The Balaban J connectivity index is 1.74. The summed E-state index contributed by atoms with van der Waals surface area (Å²) in [5.74, 6) is 0. The molecule has 3 rings (SSSR count). The first-order valence-electron chi connectivity index (χ1n) is 9.11. The molecule has 1 heterocycles. The number of nitrogens with one attached hydrogen (secondary N) is 1. The Morgan fingerprint density at radius 2 is 1.88 bits per heavy atom. The highest BCUT2D eigenvalue weighted by Gasteiger charge is 2.08. The molecule has 0 aliphatic heterocycles. The summed E-state index contributed by atoms with van der Waals surface area (Å²) < 4.78 is 2.38. The van der Waals surface area contributed by atoms with Gasteiger partial charge < -0.3 is 14.8 Å². The Morgan fingerprint density at radius 3 is 2.68 bits per heavy atom. The van der Waals surface area contributed by atoms with Crippen molar-refractivity contribution >= 4 is 10.9 Å². The molecule has 0 aliphatic rings. The third-order valence-electron chi connectivity index (χ3n) is 4.58. The van der Waals surface area contributed by atoms with Gasteiger partial charge in [-0.1, -0.05) is 48.0 Å². The number of rotatable bonds is 8. The highest BCUT2D eigenvalue weighted by Crippen LogP contribution is 2.22. The van der Waals surface area contributed by atoms with Gasteiger partial charge in [-0.25, -0.2) is 0 Å². The molecule has 3 heteroatoms. The van der Waals surface area contributed by atoms with Crippen LogP contribution >= 0.6 is 0 Å². The van der Waals surface area contributed by atoms with Gasteiger partial charge in [-0.15, -0.1) is 0 Å². The molecule has 3 aromatic rings. The van der Waals surface area contributed by atoms with E-state index in [0.717, 1.165) is 26.2 Å². The summed E-state index contributed by atoms with van der Waals surface area (Å²) in [6, 6.07) is 17.5. The first kappa shape index (κ1) is 17.7. The third kappa shape index (κ3) is 4.71. The highest BCUT2D eigenvalue weighted by atomic mass is 15.1. The van der Waals surface area contributed by atoms with E-state index in [-0.39, 0.29) is 0 Å². The predicted molar refractivity (Wildman–Crippen MR) is 107 cm³/mol. The van der Waals surface area contributed by atoms with Gasteiger partial charge in [0.1, 0.15) is 0 Å². The van der Waals surface area contributed by atoms with Crippen LogP contribution in [0.4, 0.5) is 0 Å². The normalized spacial score (nSPS) is 11.5. The van der Waals surface area contributed by atoms with Crippen molar-refractivity contribution in [2.24, 2.45) is 0 Å². The van der Waals surface area contributed by atoms with Crippen LogP contribution in [-0.2, 0) is 13.1 Å². The van der Waals surface area contributed by atoms with Crippen LogP contribution in [0.3, 0.4) is 0 Å². The minimum Gasteiger partial charge on any atom is -0.343 e. The van der Waals surface area contributed by atoms with Crippen LogP contribution in [0, 0.1) is 6.92 Å². The Kier molecular flexibility index (Phi) is 5.90. The largest absolute Gasteiger partial charge is 0.343 e. The Morgan fingerprint density at radius 1 is 1.04 bits per heavy atom. The molecule has 1 N–H and O–H groups in total. The number of hydrogen-bond donors (Lipinski definition) is 1. The molecule has 3 nitrogen and oxygen atoms in total. The fourth-order valence-corrected chi connectivity index (χ4v) is 3.35. The van der Waals surface area contributed by atoms with Crippen LogP contribution in [0.25, 0.3) is 10.9 Å². The van der Waals surface area contributed by atoms with Crippen LogP contribution in [0.5, 0.6) is 0 Å². The van der Waals surface area contributed by atoms with E-state index in [2.05, 4.69) is 90.5 Å². The van der Waals surface area contributed by atoms with Crippen LogP contribution in [-0.4, -0.2) is 36.7 Å². The molecule has 2 aromatic carbocycles. The van der Waals surface area contributed by atoms with E-state index in [0.29, 0.717) is 0 Å². The molecule has 132 valence electrons. The summed E-state index contributed by atoms with van der Waals surface area (Å²) >= 11 is 0. The van der Waals surface area contributed by atoms with Gasteiger partial charge in [0.25, 0.3) is 0 Å². The van der Waals surface area contributed by atoms with Gasteiger partial charge in [0.2, 0.25) is 0 Å². The average molecular weight is 335 g/mol. The summed E-state index contributed by atoms with van der Waals surface area (Å²) in [4.78, 5) is 2.23. The fourth-order valence-electron chi connectivity index (χ4n) is 3.35. The number of aryl methyl sites for hydroxylation is 1. The molecule has 0 bridgehead atoms. The number of fused-ring (bicyclic) bond motifs is 1. The molecule has 1 aromatic heterocycles. The number of benzene rings is 2. The van der Waals surface area contributed by atoms with Crippen molar-refractivity contribution in [2.75, 3.05) is 27.2 Å². The summed E-state index contributed by atoms with van der Waals surface area (Å²) in [6.45, 7) is 6.18. The molecule has 0 fully saturated rings. The smallest absolute Gasteiger partial charge is 0.0486 e. The SMILES string of the molecule is Cc1cccc(Cn2cc(CNCCCN(C)C)c3ccccc32)c1. The summed E-state index contributed by atoms with van der Waals surface area (Å²) in [5, 5.41) is 4.95. The van der Waals surface area contributed by atoms with Crippen molar-refractivity contribution in [1.82, 2.24) is 14.8 Å². The Bertz CT molecular complexity index is 817. The third-order valence-corrected chi connectivity index (χ3v) is 4.58. The van der Waals surface area contributed by atoms with Crippen molar-refractivity contribution in [1.29, 1.82) is 0 Å². The summed E-state index contributed by atoms with van der Waals surface area (Å²) in [5.41, 5.74) is 5.37. The maximum Gasteiger partial charge on any atom is 0.0486 e. The zero-order valence-corrected chi connectivity index (χ0v) is 15.6. The van der Waals surface area contributed by atoms with Crippen molar-refractivity contribution < 1.29 is 0 Å². The van der Waals surface area contributed by atoms with Gasteiger partial charge >= 0.3 is 0 Å². The lowest BCUT2D eigenvalue weighted by Crippen LogP contribution is -2.20. The van der Waals surface area contributed by atoms with E-state index < -0.39 is 0 Å². The molecular weight excluding hydrogens is 306 g/mol. The quantitative estimate of drug-likeness (QED) is 0.627. The Labute approximate surface area is 151 Å². The molecule has 0 aliphatic carbocycles. The number of hydrogen-bond acceptors (Lipinski definition) is 2. The molecule has 0 saturated heterocycles. The van der Waals surface area contributed by atoms with Gasteiger partial charge in [0.15, 0.2) is 0 Å². The first-order chi connectivity index (χ1) is 12.1. The zero-order chi connectivity index (χ0) is 17.6. The van der Waals surface area contributed by atoms with Crippen molar-refractivity contribution in [2.45, 2.75) is 26.4 Å². The molecule has 0 saturated carbocycles. The minimum atomic E-state index is 0.919. The maximum absolute atomic E-state index is 3.60. The fraction of sp³-hybridized carbons (Fsp3) is 0.364. The monoisotopic (exact) mass is 335 g/mol. The van der Waals surface area contributed by atoms with Gasteiger partial charge in [-0.2, -0.15) is 0 Å². The van der Waals surface area contributed by atoms with E-state index in [1.807, 2.05) is 0 Å². The molecule has 0 atom stereocenters. The molecule has 0 spiro atoms. The van der Waals surface area contributed by atoms with E-state index in [1.165, 1.54) is 34.0 Å². The second kappa shape index (κ2) is 8.32. The number of para-hydroxylation sites is 1.